The first-order valence-corrected chi connectivity index (χ1v) is 5.93. The predicted molar refractivity (Wildman–Crippen MR) is 71.7 cm³/mol. The van der Waals surface area contributed by atoms with Crippen LogP contribution < -0.4 is 5.73 Å². The molecule has 2 atom stereocenters. The third-order valence-corrected chi connectivity index (χ3v) is 3.69. The van der Waals surface area contributed by atoms with Gasteiger partial charge in [-0.2, -0.15) is 0 Å². The van der Waals surface area contributed by atoms with Crippen LogP contribution in [0.2, 0.25) is 0 Å². The molecule has 1 heterocycles. The minimum Gasteiger partial charge on any atom is -0.379 e. The number of morpholine rings is 1. The molecular weight excluding hydrogens is 247 g/mol. The third-order valence-electron chi connectivity index (χ3n) is 3.69. The Morgan fingerprint density at radius 3 is 2.31 bits per heavy atom. The van der Waals surface area contributed by atoms with E-state index in [1.165, 1.54) is 25.7 Å². The number of hydrogen-bond acceptors (Lipinski definition) is 3. The molecule has 0 bridgehead atoms. The second-order valence-electron chi connectivity index (χ2n) is 4.50. The number of halogens is 2. The summed E-state index contributed by atoms with van der Waals surface area (Å²) in [4.78, 5) is 2.60. The van der Waals surface area contributed by atoms with Crippen LogP contribution in [0.3, 0.4) is 0 Å². The lowest BCUT2D eigenvalue weighted by Crippen LogP contribution is -2.49. The summed E-state index contributed by atoms with van der Waals surface area (Å²) < 4.78 is 5.39. The van der Waals surface area contributed by atoms with Gasteiger partial charge in [-0.25, -0.2) is 0 Å². The van der Waals surface area contributed by atoms with Crippen LogP contribution in [0.4, 0.5) is 0 Å². The molecule has 1 saturated carbocycles. The minimum atomic E-state index is 0. The van der Waals surface area contributed by atoms with Gasteiger partial charge in [0, 0.05) is 19.1 Å². The number of hydrogen-bond donors (Lipinski definition) is 1. The zero-order chi connectivity index (χ0) is 9.80. The maximum atomic E-state index is 5.84. The Balaban J connectivity index is 0.00000112. The summed E-state index contributed by atoms with van der Waals surface area (Å²) in [6, 6.07) is 0.748. The number of nitrogens with zero attached hydrogens (tertiary/aromatic N) is 1. The first-order valence-electron chi connectivity index (χ1n) is 5.93. The second-order valence-corrected chi connectivity index (χ2v) is 4.50. The normalized spacial score (nSPS) is 31.3. The van der Waals surface area contributed by atoms with Crippen LogP contribution in [-0.2, 0) is 4.74 Å². The van der Waals surface area contributed by atoms with Crippen molar-refractivity contribution in [1.29, 1.82) is 0 Å². The Morgan fingerprint density at radius 2 is 1.69 bits per heavy atom. The zero-order valence-electron chi connectivity index (χ0n) is 9.77. The maximum Gasteiger partial charge on any atom is 0.0594 e. The summed E-state index contributed by atoms with van der Waals surface area (Å²) >= 11 is 0. The third kappa shape index (κ3) is 4.04. The van der Waals surface area contributed by atoms with Crippen LogP contribution in [0.15, 0.2) is 0 Å². The van der Waals surface area contributed by atoms with E-state index in [2.05, 4.69) is 4.90 Å². The van der Waals surface area contributed by atoms with Crippen molar-refractivity contribution in [1.82, 2.24) is 4.90 Å². The lowest BCUT2D eigenvalue weighted by atomic mass is 9.83. The molecule has 1 aliphatic carbocycles. The summed E-state index contributed by atoms with van der Waals surface area (Å²) in [5, 5.41) is 0. The van der Waals surface area contributed by atoms with Gasteiger partial charge in [0.2, 0.25) is 0 Å². The summed E-state index contributed by atoms with van der Waals surface area (Å²) in [5.41, 5.74) is 5.84. The number of rotatable bonds is 2. The fraction of sp³-hybridized carbons (Fsp3) is 1.00. The summed E-state index contributed by atoms with van der Waals surface area (Å²) in [5.74, 6) is 0.738. The van der Waals surface area contributed by atoms with E-state index in [4.69, 9.17) is 10.5 Å². The average Bonchev–Trinajstić information content (AvgIpc) is 2.30. The molecule has 1 saturated heterocycles. The molecule has 2 aliphatic rings. The lowest BCUT2D eigenvalue weighted by Gasteiger charge is -2.41. The second kappa shape index (κ2) is 8.54. The van der Waals surface area contributed by atoms with Crippen molar-refractivity contribution in [2.75, 3.05) is 32.8 Å². The molecule has 2 fully saturated rings. The van der Waals surface area contributed by atoms with Gasteiger partial charge in [-0.1, -0.05) is 12.8 Å². The molecule has 0 radical (unpaired) electrons. The topological polar surface area (TPSA) is 38.5 Å². The van der Waals surface area contributed by atoms with Gasteiger partial charge in [0.15, 0.2) is 0 Å². The van der Waals surface area contributed by atoms with Crippen LogP contribution in [-0.4, -0.2) is 43.8 Å². The quantitative estimate of drug-likeness (QED) is 0.830. The van der Waals surface area contributed by atoms with E-state index in [0.717, 1.165) is 44.8 Å². The molecule has 0 aromatic heterocycles. The van der Waals surface area contributed by atoms with E-state index in [1.54, 1.807) is 0 Å². The van der Waals surface area contributed by atoms with E-state index < -0.39 is 0 Å². The van der Waals surface area contributed by atoms with Crippen LogP contribution in [0.25, 0.3) is 0 Å². The highest BCUT2D eigenvalue weighted by molar-refractivity contribution is 5.85. The highest BCUT2D eigenvalue weighted by Gasteiger charge is 2.29. The molecule has 0 aromatic carbocycles. The van der Waals surface area contributed by atoms with E-state index in [0.29, 0.717) is 0 Å². The van der Waals surface area contributed by atoms with Crippen molar-refractivity contribution in [2.45, 2.75) is 31.7 Å². The fourth-order valence-electron chi connectivity index (χ4n) is 2.85. The summed E-state index contributed by atoms with van der Waals surface area (Å²) in [7, 11) is 0. The largest absolute Gasteiger partial charge is 0.379 e. The molecule has 2 rings (SSSR count). The van der Waals surface area contributed by atoms with Crippen LogP contribution >= 0.6 is 24.8 Å². The molecule has 2 N–H and O–H groups in total. The molecule has 1 aliphatic heterocycles. The van der Waals surface area contributed by atoms with Gasteiger partial charge in [0.1, 0.15) is 0 Å². The standard InChI is InChI=1S/C11H22N2O.2ClH/c12-9-10-3-1-2-4-11(10)13-5-7-14-8-6-13;;/h10-11H,1-9,12H2;2*1H/t10-,11-;;/m1../s1. The zero-order valence-corrected chi connectivity index (χ0v) is 11.4. The molecule has 0 unspecified atom stereocenters. The van der Waals surface area contributed by atoms with Gasteiger partial charge in [0.05, 0.1) is 13.2 Å². The Hall–Kier alpha value is 0.460. The van der Waals surface area contributed by atoms with Gasteiger partial charge in [0.25, 0.3) is 0 Å². The van der Waals surface area contributed by atoms with E-state index in [1.807, 2.05) is 0 Å². The molecule has 0 spiro atoms. The number of nitrogens with two attached hydrogens (primary N) is 1. The Bertz CT molecular complexity index is 177. The Labute approximate surface area is 111 Å². The first kappa shape index (κ1) is 16.5. The monoisotopic (exact) mass is 270 g/mol. The summed E-state index contributed by atoms with van der Waals surface area (Å²) in [6.45, 7) is 4.91. The van der Waals surface area contributed by atoms with Gasteiger partial charge >= 0.3 is 0 Å². The molecule has 3 nitrogen and oxygen atoms in total. The van der Waals surface area contributed by atoms with E-state index >= 15 is 0 Å². The average molecular weight is 271 g/mol. The molecule has 16 heavy (non-hydrogen) atoms. The van der Waals surface area contributed by atoms with Crippen molar-refractivity contribution >= 4 is 24.8 Å². The van der Waals surface area contributed by atoms with Gasteiger partial charge in [-0.05, 0) is 25.3 Å². The van der Waals surface area contributed by atoms with Crippen molar-refractivity contribution < 1.29 is 4.74 Å². The molecule has 0 amide bonds. The van der Waals surface area contributed by atoms with E-state index in [-0.39, 0.29) is 24.8 Å². The SMILES string of the molecule is Cl.Cl.NC[C@H]1CCCC[C@H]1N1CCOCC1. The smallest absolute Gasteiger partial charge is 0.0594 e. The van der Waals surface area contributed by atoms with Crippen molar-refractivity contribution in [3.63, 3.8) is 0 Å². The van der Waals surface area contributed by atoms with Gasteiger partial charge in [-0.15, -0.1) is 24.8 Å². The highest BCUT2D eigenvalue weighted by atomic mass is 35.5. The predicted octanol–water partition coefficient (Wildman–Crippen LogP) is 1.68. The maximum absolute atomic E-state index is 5.84. The Kier molecular flexibility index (Phi) is 8.78. The van der Waals surface area contributed by atoms with Crippen LogP contribution in [0.1, 0.15) is 25.7 Å². The van der Waals surface area contributed by atoms with Crippen LogP contribution in [0.5, 0.6) is 0 Å². The molecule has 98 valence electrons. The highest BCUT2D eigenvalue weighted by Crippen LogP contribution is 2.28. The Morgan fingerprint density at radius 1 is 1.06 bits per heavy atom. The van der Waals surface area contributed by atoms with Crippen molar-refractivity contribution in [3.8, 4) is 0 Å². The summed E-state index contributed by atoms with van der Waals surface area (Å²) in [6.07, 6.45) is 5.45. The van der Waals surface area contributed by atoms with Crippen molar-refractivity contribution in [2.24, 2.45) is 11.7 Å². The minimum absolute atomic E-state index is 0. The van der Waals surface area contributed by atoms with Gasteiger partial charge < -0.3 is 10.5 Å². The lowest BCUT2D eigenvalue weighted by molar-refractivity contribution is -0.00597. The first-order chi connectivity index (χ1) is 6.92. The van der Waals surface area contributed by atoms with Gasteiger partial charge in [-0.3, -0.25) is 4.90 Å². The molecule has 0 aromatic rings. The fourth-order valence-corrected chi connectivity index (χ4v) is 2.85. The number of ether oxygens (including phenoxy) is 1. The van der Waals surface area contributed by atoms with Crippen LogP contribution in [0, 0.1) is 5.92 Å². The molecular formula is C11H24Cl2N2O. The van der Waals surface area contributed by atoms with E-state index in [9.17, 15) is 0 Å². The molecule has 5 heteroatoms. The van der Waals surface area contributed by atoms with Crippen molar-refractivity contribution in [3.05, 3.63) is 0 Å².